The number of benzene rings is 1. The summed E-state index contributed by atoms with van der Waals surface area (Å²) in [5.41, 5.74) is 4.99. The second kappa shape index (κ2) is 8.85. The Hall–Kier alpha value is -1.96. The highest BCUT2D eigenvalue weighted by Gasteiger charge is 2.87. The Morgan fingerprint density at radius 1 is 0.977 bits per heavy atom. The van der Waals surface area contributed by atoms with Crippen LogP contribution in [-0.4, -0.2) is 57.6 Å². The first-order chi connectivity index (χ1) is 20.3. The third-order valence-corrected chi connectivity index (χ3v) is 12.9. The summed E-state index contributed by atoms with van der Waals surface area (Å²) in [5, 5.41) is 14.7. The van der Waals surface area contributed by atoms with Crippen LogP contribution in [0.15, 0.2) is 41.5 Å². The molecule has 1 aromatic carbocycles. The second-order valence-electron chi connectivity index (χ2n) is 16.0. The number of epoxide rings is 1. The van der Waals surface area contributed by atoms with Gasteiger partial charge in [-0.2, -0.15) is 0 Å². The van der Waals surface area contributed by atoms with Gasteiger partial charge in [0, 0.05) is 27.4 Å². The molecular formula is C37H49NO5. The minimum Gasteiger partial charge on any atom is -0.386 e. The Morgan fingerprint density at radius 3 is 2.51 bits per heavy atom. The highest BCUT2D eigenvalue weighted by Crippen LogP contribution is 2.75. The Labute approximate surface area is 256 Å². The maximum absolute atomic E-state index is 13.3. The molecule has 3 aliphatic carbocycles. The fourth-order valence-electron chi connectivity index (χ4n) is 10.6. The fraction of sp³-hybridized carbons (Fsp3) is 0.676. The van der Waals surface area contributed by atoms with Gasteiger partial charge in [-0.1, -0.05) is 43.2 Å². The van der Waals surface area contributed by atoms with Gasteiger partial charge in [0.25, 0.3) is 0 Å². The molecular weight excluding hydrogens is 538 g/mol. The van der Waals surface area contributed by atoms with Crippen molar-refractivity contribution >= 4 is 10.9 Å². The van der Waals surface area contributed by atoms with E-state index in [4.69, 9.17) is 18.9 Å². The van der Waals surface area contributed by atoms with Crippen LogP contribution in [0.4, 0.5) is 0 Å². The van der Waals surface area contributed by atoms with Crippen molar-refractivity contribution in [1.82, 2.24) is 4.98 Å². The van der Waals surface area contributed by atoms with Crippen molar-refractivity contribution in [1.29, 1.82) is 0 Å². The molecule has 0 bridgehead atoms. The molecule has 10 atom stereocenters. The first-order valence-electron chi connectivity index (χ1n) is 16.6. The lowest BCUT2D eigenvalue weighted by Gasteiger charge is -2.66. The number of ether oxygens (including phenoxy) is 4. The Bertz CT molecular complexity index is 1560. The zero-order chi connectivity index (χ0) is 30.3. The molecule has 0 amide bonds. The van der Waals surface area contributed by atoms with Crippen LogP contribution in [0, 0.1) is 11.3 Å². The molecule has 1 spiro atoms. The number of aliphatic hydroxyl groups is 1. The molecule has 0 radical (unpaired) electrons. The third kappa shape index (κ3) is 3.43. The van der Waals surface area contributed by atoms with Crippen LogP contribution < -0.4 is 0 Å². The standard InChI is InChI=1S/C37H49NO5/c1-20(2)12-13-22-10-9-11-25-28(22)24-19-23-14-17-36(39)34(7,35(23,8)30(24)38-25)16-15-26-37(36)32(43-37)29-31(40-26)33(5,6)42-27(41-29)18-21(3)4/h9-12,18,23,26-27,29,31-32,38-39H,13-17,19H2,1-8H3/t23-,26-,27-,29+,31-,32+,34+,35+,36-,37?/m0/s1. The number of nitrogens with one attached hydrogen (secondary N) is 1. The van der Waals surface area contributed by atoms with E-state index >= 15 is 0 Å². The Balaban J connectivity index is 1.21. The smallest absolute Gasteiger partial charge is 0.178 e. The van der Waals surface area contributed by atoms with E-state index in [0.29, 0.717) is 5.92 Å². The highest BCUT2D eigenvalue weighted by molar-refractivity contribution is 5.89. The first kappa shape index (κ1) is 28.5. The van der Waals surface area contributed by atoms with Gasteiger partial charge in [-0.3, -0.25) is 0 Å². The monoisotopic (exact) mass is 587 g/mol. The molecule has 6 aliphatic rings. The minimum absolute atomic E-state index is 0.178. The van der Waals surface area contributed by atoms with Gasteiger partial charge in [0.1, 0.15) is 23.9 Å². The number of aromatic nitrogens is 1. The molecule has 232 valence electrons. The van der Waals surface area contributed by atoms with Crippen LogP contribution in [0.1, 0.15) is 97.9 Å². The third-order valence-electron chi connectivity index (χ3n) is 12.9. The van der Waals surface area contributed by atoms with Crippen molar-refractivity contribution in [3.63, 3.8) is 0 Å². The molecule has 43 heavy (non-hydrogen) atoms. The first-order valence-corrected chi connectivity index (χ1v) is 16.6. The molecule has 2 saturated carbocycles. The van der Waals surface area contributed by atoms with Crippen LogP contribution in [0.2, 0.25) is 0 Å². The van der Waals surface area contributed by atoms with Gasteiger partial charge in [0.05, 0.1) is 11.7 Å². The zero-order valence-corrected chi connectivity index (χ0v) is 27.2. The molecule has 6 nitrogen and oxygen atoms in total. The number of hydrogen-bond acceptors (Lipinski definition) is 5. The van der Waals surface area contributed by atoms with Crippen molar-refractivity contribution in [3.05, 3.63) is 58.3 Å². The van der Waals surface area contributed by atoms with Crippen LogP contribution in [0.5, 0.6) is 0 Å². The van der Waals surface area contributed by atoms with Gasteiger partial charge < -0.3 is 29.0 Å². The highest BCUT2D eigenvalue weighted by atomic mass is 16.8. The molecule has 2 aromatic rings. The summed E-state index contributed by atoms with van der Waals surface area (Å²) in [5.74, 6) is 0.475. The average Bonchev–Trinajstić information content (AvgIpc) is 3.50. The lowest BCUT2D eigenvalue weighted by atomic mass is 9.40. The van der Waals surface area contributed by atoms with Crippen LogP contribution >= 0.6 is 0 Å². The fourth-order valence-corrected chi connectivity index (χ4v) is 10.6. The van der Waals surface area contributed by atoms with E-state index in [2.05, 4.69) is 84.6 Å². The molecule has 1 aromatic heterocycles. The SMILES string of the molecule is CC(C)=CCc1cccc2[nH]c3c(c12)C[C@@H]1CC[C@@]2(O)C45O[C@@H]4[C@@H]4O[C@H](C=C(C)C)OC(C)(C)[C@H]4O[C@H]5CC[C@]2(C)[C@@]31C. The van der Waals surface area contributed by atoms with Gasteiger partial charge in [0.15, 0.2) is 11.9 Å². The van der Waals surface area contributed by atoms with Crippen molar-refractivity contribution in [2.75, 3.05) is 0 Å². The molecule has 2 N–H and O–H groups in total. The van der Waals surface area contributed by atoms with E-state index in [1.54, 1.807) is 0 Å². The van der Waals surface area contributed by atoms with Crippen molar-refractivity contribution < 1.29 is 24.1 Å². The lowest BCUT2D eigenvalue weighted by molar-refractivity contribution is -0.343. The minimum atomic E-state index is -1.04. The van der Waals surface area contributed by atoms with E-state index in [1.807, 2.05) is 6.08 Å². The average molecular weight is 588 g/mol. The topological polar surface area (TPSA) is 76.2 Å². The molecule has 3 saturated heterocycles. The van der Waals surface area contributed by atoms with Crippen LogP contribution in [-0.2, 0) is 37.2 Å². The van der Waals surface area contributed by atoms with E-state index in [1.165, 1.54) is 33.3 Å². The van der Waals surface area contributed by atoms with Gasteiger partial charge in [-0.15, -0.1) is 0 Å². The summed E-state index contributed by atoms with van der Waals surface area (Å²) < 4.78 is 26.7. The molecule has 6 heteroatoms. The summed E-state index contributed by atoms with van der Waals surface area (Å²) in [7, 11) is 0. The van der Waals surface area contributed by atoms with Crippen LogP contribution in [0.25, 0.3) is 10.9 Å². The van der Waals surface area contributed by atoms with Gasteiger partial charge in [-0.25, -0.2) is 0 Å². The number of fused-ring (bicyclic) bond motifs is 9. The van der Waals surface area contributed by atoms with E-state index < -0.39 is 28.5 Å². The summed E-state index contributed by atoms with van der Waals surface area (Å²) in [6, 6.07) is 6.70. The molecule has 3 aliphatic heterocycles. The Morgan fingerprint density at radius 2 is 1.77 bits per heavy atom. The molecule has 1 unspecified atom stereocenters. The van der Waals surface area contributed by atoms with Gasteiger partial charge >= 0.3 is 0 Å². The number of H-pyrrole nitrogens is 1. The number of aromatic amines is 1. The lowest BCUT2D eigenvalue weighted by Crippen LogP contribution is -2.77. The maximum Gasteiger partial charge on any atom is 0.178 e. The van der Waals surface area contributed by atoms with Crippen molar-refractivity contribution in [2.24, 2.45) is 11.3 Å². The van der Waals surface area contributed by atoms with Gasteiger partial charge in [-0.05, 0) is 109 Å². The van der Waals surface area contributed by atoms with Crippen molar-refractivity contribution in [3.8, 4) is 0 Å². The molecule has 8 rings (SSSR count). The van der Waals surface area contributed by atoms with E-state index in [9.17, 15) is 5.11 Å². The van der Waals surface area contributed by atoms with Crippen LogP contribution in [0.3, 0.4) is 0 Å². The maximum atomic E-state index is 13.3. The van der Waals surface area contributed by atoms with Crippen molar-refractivity contribution in [2.45, 2.75) is 147 Å². The number of hydrogen-bond donors (Lipinski definition) is 2. The largest absolute Gasteiger partial charge is 0.386 e. The number of allylic oxidation sites excluding steroid dienone is 3. The molecule has 5 fully saturated rings. The summed E-state index contributed by atoms with van der Waals surface area (Å²) in [6.45, 7) is 17.5. The summed E-state index contributed by atoms with van der Waals surface area (Å²) in [4.78, 5) is 3.95. The normalized spacial score (nSPS) is 45.1. The zero-order valence-electron chi connectivity index (χ0n) is 27.2. The van der Waals surface area contributed by atoms with E-state index in [0.717, 1.165) is 44.1 Å². The summed E-state index contributed by atoms with van der Waals surface area (Å²) in [6.07, 6.45) is 8.43. The quantitative estimate of drug-likeness (QED) is 0.304. The predicted molar refractivity (Wildman–Crippen MR) is 167 cm³/mol. The second-order valence-corrected chi connectivity index (χ2v) is 16.0. The summed E-state index contributed by atoms with van der Waals surface area (Å²) >= 11 is 0. The Kier molecular flexibility index (Phi) is 5.87. The van der Waals surface area contributed by atoms with Gasteiger partial charge in [0.2, 0.25) is 0 Å². The van der Waals surface area contributed by atoms with E-state index in [-0.39, 0.29) is 29.8 Å². The molecule has 4 heterocycles. The number of rotatable bonds is 3. The predicted octanol–water partition coefficient (Wildman–Crippen LogP) is 6.82.